The number of ether oxygens (including phenoxy) is 1. The Balaban J connectivity index is 1.77. The van der Waals surface area contributed by atoms with Gasteiger partial charge in [-0.15, -0.1) is 0 Å². The lowest BCUT2D eigenvalue weighted by molar-refractivity contribution is -0.128. The summed E-state index contributed by atoms with van der Waals surface area (Å²) >= 11 is 0. The maximum atomic E-state index is 12.1. The van der Waals surface area contributed by atoms with E-state index in [1.54, 1.807) is 30.3 Å². The Hall–Kier alpha value is -2.68. The zero-order valence-corrected chi connectivity index (χ0v) is 16.4. The summed E-state index contributed by atoms with van der Waals surface area (Å²) in [6.07, 6.45) is 6.32. The van der Waals surface area contributed by atoms with E-state index in [2.05, 4.69) is 45.9 Å². The normalized spacial score (nSPS) is 17.3. The second-order valence-corrected chi connectivity index (χ2v) is 8.51. The fourth-order valence-corrected chi connectivity index (χ4v) is 3.64. The minimum atomic E-state index is -0.439. The SMILES string of the molecule is CC1(C)CCC(C)(C)c2cc(C=CC(=O)Oc3ccc(C=O)cc3)ccc21. The van der Waals surface area contributed by atoms with Crippen molar-refractivity contribution in [2.75, 3.05) is 0 Å². The standard InChI is InChI=1S/C24H26O3/c1-23(2)13-14-24(3,4)21-15-17(7-11-20(21)23)8-12-22(26)27-19-9-5-18(16-25)6-10-19/h5-12,15-16H,13-14H2,1-4H3. The maximum Gasteiger partial charge on any atom is 0.336 e. The Kier molecular flexibility index (Phi) is 5.05. The summed E-state index contributed by atoms with van der Waals surface area (Å²) in [4.78, 5) is 22.7. The fourth-order valence-electron chi connectivity index (χ4n) is 3.64. The van der Waals surface area contributed by atoms with Crippen LogP contribution in [0.4, 0.5) is 0 Å². The van der Waals surface area contributed by atoms with Gasteiger partial charge in [-0.05, 0) is 70.7 Å². The van der Waals surface area contributed by atoms with Gasteiger partial charge in [0.25, 0.3) is 0 Å². The van der Waals surface area contributed by atoms with Crippen LogP contribution in [0.1, 0.15) is 67.6 Å². The highest BCUT2D eigenvalue weighted by Gasteiger charge is 2.36. The first kappa shape index (κ1) is 19.1. The molecule has 0 aromatic heterocycles. The number of hydrogen-bond donors (Lipinski definition) is 0. The van der Waals surface area contributed by atoms with E-state index in [1.165, 1.54) is 23.6 Å². The summed E-state index contributed by atoms with van der Waals surface area (Å²) in [6.45, 7) is 9.16. The van der Waals surface area contributed by atoms with Gasteiger partial charge in [0.2, 0.25) is 0 Å². The second kappa shape index (κ2) is 7.15. The molecule has 3 heteroatoms. The van der Waals surface area contributed by atoms with Gasteiger partial charge in [-0.1, -0.05) is 45.9 Å². The Labute approximate surface area is 161 Å². The number of carbonyl (C=O) groups excluding carboxylic acids is 2. The average molecular weight is 362 g/mol. The zero-order valence-electron chi connectivity index (χ0n) is 16.4. The van der Waals surface area contributed by atoms with Gasteiger partial charge in [-0.25, -0.2) is 4.79 Å². The van der Waals surface area contributed by atoms with E-state index >= 15 is 0 Å². The largest absolute Gasteiger partial charge is 0.423 e. The summed E-state index contributed by atoms with van der Waals surface area (Å²) in [5.74, 6) is -0.0188. The van der Waals surface area contributed by atoms with Crippen molar-refractivity contribution in [2.45, 2.75) is 51.4 Å². The molecule has 3 rings (SSSR count). The molecule has 0 N–H and O–H groups in total. The van der Waals surface area contributed by atoms with Crippen molar-refractivity contribution in [3.8, 4) is 5.75 Å². The molecule has 0 saturated carbocycles. The van der Waals surface area contributed by atoms with Crippen molar-refractivity contribution in [3.63, 3.8) is 0 Å². The lowest BCUT2D eigenvalue weighted by Gasteiger charge is -2.42. The van der Waals surface area contributed by atoms with Gasteiger partial charge in [0.15, 0.2) is 0 Å². The number of carbonyl (C=O) groups is 2. The van der Waals surface area contributed by atoms with Crippen LogP contribution in [-0.2, 0) is 15.6 Å². The summed E-state index contributed by atoms with van der Waals surface area (Å²) < 4.78 is 5.28. The van der Waals surface area contributed by atoms with Crippen molar-refractivity contribution < 1.29 is 14.3 Å². The number of fused-ring (bicyclic) bond motifs is 1. The topological polar surface area (TPSA) is 43.4 Å². The van der Waals surface area contributed by atoms with E-state index in [9.17, 15) is 9.59 Å². The van der Waals surface area contributed by atoms with Crippen molar-refractivity contribution in [1.82, 2.24) is 0 Å². The number of aldehydes is 1. The van der Waals surface area contributed by atoms with Gasteiger partial charge < -0.3 is 4.74 Å². The van der Waals surface area contributed by atoms with Gasteiger partial charge >= 0.3 is 5.97 Å². The van der Waals surface area contributed by atoms with Crippen molar-refractivity contribution >= 4 is 18.3 Å². The van der Waals surface area contributed by atoms with Crippen LogP contribution in [0.15, 0.2) is 48.5 Å². The third-order valence-electron chi connectivity index (χ3n) is 5.52. The zero-order chi connectivity index (χ0) is 19.7. The first-order valence-electron chi connectivity index (χ1n) is 9.31. The van der Waals surface area contributed by atoms with Gasteiger partial charge in [0.05, 0.1) is 0 Å². The Morgan fingerprint density at radius 3 is 2.11 bits per heavy atom. The van der Waals surface area contributed by atoms with E-state index in [4.69, 9.17) is 4.74 Å². The molecule has 3 nitrogen and oxygen atoms in total. The van der Waals surface area contributed by atoms with Crippen molar-refractivity contribution in [3.05, 3.63) is 70.8 Å². The highest BCUT2D eigenvalue weighted by Crippen LogP contribution is 2.45. The third-order valence-corrected chi connectivity index (χ3v) is 5.52. The molecule has 0 saturated heterocycles. The summed E-state index contributed by atoms with van der Waals surface area (Å²) in [7, 11) is 0. The van der Waals surface area contributed by atoms with E-state index in [-0.39, 0.29) is 10.8 Å². The van der Waals surface area contributed by atoms with Crippen molar-refractivity contribution in [2.24, 2.45) is 0 Å². The average Bonchev–Trinajstić information content (AvgIpc) is 2.64. The minimum absolute atomic E-state index is 0.134. The van der Waals surface area contributed by atoms with E-state index < -0.39 is 5.97 Å². The van der Waals surface area contributed by atoms with Gasteiger partial charge in [0.1, 0.15) is 12.0 Å². The van der Waals surface area contributed by atoms with Crippen LogP contribution in [-0.4, -0.2) is 12.3 Å². The molecule has 2 aromatic rings. The number of esters is 1. The first-order valence-corrected chi connectivity index (χ1v) is 9.31. The highest BCUT2D eigenvalue weighted by atomic mass is 16.5. The highest BCUT2D eigenvalue weighted by molar-refractivity contribution is 5.89. The Morgan fingerprint density at radius 2 is 1.48 bits per heavy atom. The molecule has 0 bridgehead atoms. The molecule has 0 atom stereocenters. The molecule has 0 radical (unpaired) electrons. The van der Waals surface area contributed by atoms with E-state index in [1.807, 2.05) is 0 Å². The molecule has 140 valence electrons. The molecule has 0 fully saturated rings. The van der Waals surface area contributed by atoms with Crippen LogP contribution in [0.5, 0.6) is 5.75 Å². The number of rotatable bonds is 4. The molecule has 1 aliphatic carbocycles. The quantitative estimate of drug-likeness (QED) is 0.314. The predicted molar refractivity (Wildman–Crippen MR) is 108 cm³/mol. The summed E-state index contributed by atoms with van der Waals surface area (Å²) in [6, 6.07) is 12.9. The van der Waals surface area contributed by atoms with Crippen LogP contribution < -0.4 is 4.74 Å². The number of benzene rings is 2. The molecule has 0 amide bonds. The monoisotopic (exact) mass is 362 g/mol. The molecule has 27 heavy (non-hydrogen) atoms. The maximum absolute atomic E-state index is 12.1. The fraction of sp³-hybridized carbons (Fsp3) is 0.333. The van der Waals surface area contributed by atoms with Crippen LogP contribution in [0.3, 0.4) is 0 Å². The Bertz CT molecular complexity index is 886. The summed E-state index contributed by atoms with van der Waals surface area (Å²) in [5.41, 5.74) is 4.61. The van der Waals surface area contributed by atoms with E-state index in [0.29, 0.717) is 11.3 Å². The predicted octanol–water partition coefficient (Wildman–Crippen LogP) is 5.47. The number of hydrogen-bond acceptors (Lipinski definition) is 3. The molecule has 0 heterocycles. The molecule has 2 aromatic carbocycles. The molecule has 0 spiro atoms. The van der Waals surface area contributed by atoms with Crippen molar-refractivity contribution in [1.29, 1.82) is 0 Å². The third kappa shape index (κ3) is 4.19. The smallest absolute Gasteiger partial charge is 0.336 e. The second-order valence-electron chi connectivity index (χ2n) is 8.51. The molecular weight excluding hydrogens is 336 g/mol. The van der Waals surface area contributed by atoms with Crippen LogP contribution in [0.2, 0.25) is 0 Å². The first-order chi connectivity index (χ1) is 12.7. The van der Waals surface area contributed by atoms with Crippen LogP contribution >= 0.6 is 0 Å². The van der Waals surface area contributed by atoms with E-state index in [0.717, 1.165) is 18.3 Å². The Morgan fingerprint density at radius 1 is 0.889 bits per heavy atom. The van der Waals surface area contributed by atoms with Crippen LogP contribution in [0.25, 0.3) is 6.08 Å². The lowest BCUT2D eigenvalue weighted by atomic mass is 9.63. The van der Waals surface area contributed by atoms with Gasteiger partial charge in [0, 0.05) is 11.6 Å². The molecule has 1 aliphatic rings. The molecule has 0 unspecified atom stereocenters. The lowest BCUT2D eigenvalue weighted by Crippen LogP contribution is -2.33. The van der Waals surface area contributed by atoms with Gasteiger partial charge in [-0.2, -0.15) is 0 Å². The summed E-state index contributed by atoms with van der Waals surface area (Å²) in [5, 5.41) is 0. The van der Waals surface area contributed by atoms with Crippen LogP contribution in [0, 0.1) is 0 Å². The minimum Gasteiger partial charge on any atom is -0.423 e. The molecular formula is C24H26O3. The molecule has 0 aliphatic heterocycles. The van der Waals surface area contributed by atoms with Gasteiger partial charge in [-0.3, -0.25) is 4.79 Å².